The Morgan fingerprint density at radius 1 is 1.53 bits per heavy atom. The number of carbonyl (C=O) groups is 1. The molecule has 0 spiro atoms. The van der Waals surface area contributed by atoms with Gasteiger partial charge in [-0.3, -0.25) is 9.48 Å². The average Bonchev–Trinajstić information content (AvgIpc) is 2.48. The van der Waals surface area contributed by atoms with Crippen LogP contribution in [0.4, 0.5) is 0 Å². The minimum absolute atomic E-state index is 0.249. The highest BCUT2D eigenvalue weighted by atomic mass is 35.5. The topological polar surface area (TPSA) is 55.1 Å². The van der Waals surface area contributed by atoms with Gasteiger partial charge in [0.2, 0.25) is 0 Å². The molecule has 15 heavy (non-hydrogen) atoms. The first-order chi connectivity index (χ1) is 7.11. The van der Waals surface area contributed by atoms with E-state index in [0.29, 0.717) is 5.02 Å². The van der Waals surface area contributed by atoms with Gasteiger partial charge in [0.1, 0.15) is 0 Å². The fourth-order valence-corrected chi connectivity index (χ4v) is 1.50. The number of hydrogen-bond donors (Lipinski definition) is 1. The third-order valence-electron chi connectivity index (χ3n) is 2.30. The molecule has 1 aromatic rings. The summed E-state index contributed by atoms with van der Waals surface area (Å²) in [7, 11) is 0. The second-order valence-corrected chi connectivity index (χ2v) is 3.91. The highest BCUT2D eigenvalue weighted by molar-refractivity contribution is 6.31. The van der Waals surface area contributed by atoms with E-state index in [0.717, 1.165) is 31.5 Å². The molecule has 1 heterocycles. The van der Waals surface area contributed by atoms with Crippen LogP contribution in [0.25, 0.3) is 0 Å². The zero-order chi connectivity index (χ0) is 11.3. The Kier molecular flexibility index (Phi) is 4.62. The fraction of sp³-hybridized carbons (Fsp3) is 0.600. The molecule has 0 saturated carbocycles. The first-order valence-electron chi connectivity index (χ1n) is 5.01. The molecule has 0 atom stereocenters. The summed E-state index contributed by atoms with van der Waals surface area (Å²) in [5.74, 6) is -0.728. The Morgan fingerprint density at radius 2 is 2.27 bits per heavy atom. The lowest BCUT2D eigenvalue weighted by atomic mass is 10.2. The standard InChI is InChI=1S/C10H15ClN2O2/c1-8-9(11)7-12-13(8)6-4-2-3-5-10(14)15/h7H,2-6H2,1H3,(H,14,15). The summed E-state index contributed by atoms with van der Waals surface area (Å²) < 4.78 is 1.85. The molecular formula is C10H15ClN2O2. The summed E-state index contributed by atoms with van der Waals surface area (Å²) in [5.41, 5.74) is 0.968. The van der Waals surface area contributed by atoms with Crippen LogP contribution in [0.15, 0.2) is 6.20 Å². The lowest BCUT2D eigenvalue weighted by Crippen LogP contribution is -2.02. The van der Waals surface area contributed by atoms with Crippen LogP contribution < -0.4 is 0 Å². The molecule has 0 fully saturated rings. The van der Waals surface area contributed by atoms with Crippen LogP contribution in [-0.2, 0) is 11.3 Å². The van der Waals surface area contributed by atoms with Crippen LogP contribution in [0.5, 0.6) is 0 Å². The van der Waals surface area contributed by atoms with Crippen molar-refractivity contribution in [2.45, 2.75) is 39.2 Å². The van der Waals surface area contributed by atoms with Crippen LogP contribution in [0.3, 0.4) is 0 Å². The molecule has 4 nitrogen and oxygen atoms in total. The highest BCUT2D eigenvalue weighted by Gasteiger charge is 2.03. The number of unbranched alkanes of at least 4 members (excludes halogenated alkanes) is 2. The summed E-state index contributed by atoms with van der Waals surface area (Å²) in [4.78, 5) is 10.3. The molecule has 5 heteroatoms. The van der Waals surface area contributed by atoms with Crippen LogP contribution in [0, 0.1) is 6.92 Å². The Hall–Kier alpha value is -1.03. The summed E-state index contributed by atoms with van der Waals surface area (Å²) in [6, 6.07) is 0. The number of carboxylic acid groups (broad SMARTS) is 1. The number of aryl methyl sites for hydroxylation is 1. The predicted molar refractivity (Wildman–Crippen MR) is 58.1 cm³/mol. The zero-order valence-corrected chi connectivity index (χ0v) is 9.50. The van der Waals surface area contributed by atoms with E-state index in [1.54, 1.807) is 6.20 Å². The molecule has 0 aromatic carbocycles. The molecule has 0 saturated heterocycles. The van der Waals surface area contributed by atoms with Crippen molar-refractivity contribution in [2.75, 3.05) is 0 Å². The molecule has 0 amide bonds. The first-order valence-corrected chi connectivity index (χ1v) is 5.38. The second-order valence-electron chi connectivity index (χ2n) is 3.51. The molecule has 0 radical (unpaired) electrons. The van der Waals surface area contributed by atoms with Gasteiger partial charge in [0.15, 0.2) is 0 Å². The number of halogens is 1. The van der Waals surface area contributed by atoms with Gasteiger partial charge in [-0.25, -0.2) is 0 Å². The Bertz CT molecular complexity index is 336. The van der Waals surface area contributed by atoms with Gasteiger partial charge in [0, 0.05) is 13.0 Å². The third kappa shape index (κ3) is 3.91. The SMILES string of the molecule is Cc1c(Cl)cnn1CCCCCC(=O)O. The lowest BCUT2D eigenvalue weighted by molar-refractivity contribution is -0.137. The number of carboxylic acids is 1. The minimum Gasteiger partial charge on any atom is -0.481 e. The molecule has 0 aliphatic carbocycles. The maximum absolute atomic E-state index is 10.3. The van der Waals surface area contributed by atoms with Gasteiger partial charge < -0.3 is 5.11 Å². The fourth-order valence-electron chi connectivity index (χ4n) is 1.36. The predicted octanol–water partition coefficient (Wildman–Crippen LogP) is 2.49. The van der Waals surface area contributed by atoms with Gasteiger partial charge in [-0.15, -0.1) is 0 Å². The zero-order valence-electron chi connectivity index (χ0n) is 8.74. The van der Waals surface area contributed by atoms with E-state index in [2.05, 4.69) is 5.10 Å². The van der Waals surface area contributed by atoms with Crippen LogP contribution in [-0.4, -0.2) is 20.9 Å². The van der Waals surface area contributed by atoms with Crippen molar-refractivity contribution in [3.8, 4) is 0 Å². The Balaban J connectivity index is 2.20. The van der Waals surface area contributed by atoms with Gasteiger partial charge in [-0.1, -0.05) is 18.0 Å². The largest absolute Gasteiger partial charge is 0.481 e. The number of aliphatic carboxylic acids is 1. The van der Waals surface area contributed by atoms with Gasteiger partial charge in [-0.05, 0) is 19.8 Å². The molecule has 1 rings (SSSR count). The monoisotopic (exact) mass is 230 g/mol. The van der Waals surface area contributed by atoms with E-state index in [1.807, 2.05) is 11.6 Å². The maximum atomic E-state index is 10.3. The summed E-state index contributed by atoms with van der Waals surface area (Å²) in [6.07, 6.45) is 4.45. The molecule has 0 aliphatic rings. The van der Waals surface area contributed by atoms with Gasteiger partial charge in [0.25, 0.3) is 0 Å². The van der Waals surface area contributed by atoms with E-state index >= 15 is 0 Å². The molecular weight excluding hydrogens is 216 g/mol. The second kappa shape index (κ2) is 5.75. The number of nitrogens with zero attached hydrogens (tertiary/aromatic N) is 2. The Labute approximate surface area is 93.9 Å². The summed E-state index contributed by atoms with van der Waals surface area (Å²) >= 11 is 5.85. The minimum atomic E-state index is -0.728. The van der Waals surface area contributed by atoms with Crippen molar-refractivity contribution in [2.24, 2.45) is 0 Å². The lowest BCUT2D eigenvalue weighted by Gasteiger charge is -2.03. The van der Waals surface area contributed by atoms with Crippen molar-refractivity contribution in [1.29, 1.82) is 0 Å². The van der Waals surface area contributed by atoms with Crippen LogP contribution >= 0.6 is 11.6 Å². The van der Waals surface area contributed by atoms with E-state index in [-0.39, 0.29) is 6.42 Å². The van der Waals surface area contributed by atoms with Gasteiger partial charge in [-0.2, -0.15) is 5.10 Å². The van der Waals surface area contributed by atoms with Crippen molar-refractivity contribution in [1.82, 2.24) is 9.78 Å². The van der Waals surface area contributed by atoms with Crippen molar-refractivity contribution in [3.05, 3.63) is 16.9 Å². The van der Waals surface area contributed by atoms with E-state index in [9.17, 15) is 4.79 Å². The Morgan fingerprint density at radius 3 is 2.80 bits per heavy atom. The molecule has 0 bridgehead atoms. The van der Waals surface area contributed by atoms with Crippen LogP contribution in [0.2, 0.25) is 5.02 Å². The average molecular weight is 231 g/mol. The molecule has 84 valence electrons. The molecule has 1 N–H and O–H groups in total. The van der Waals surface area contributed by atoms with Crippen molar-refractivity contribution >= 4 is 17.6 Å². The number of aromatic nitrogens is 2. The van der Waals surface area contributed by atoms with Crippen LogP contribution in [0.1, 0.15) is 31.4 Å². The van der Waals surface area contributed by atoms with Crippen molar-refractivity contribution in [3.63, 3.8) is 0 Å². The third-order valence-corrected chi connectivity index (χ3v) is 2.67. The van der Waals surface area contributed by atoms with E-state index in [4.69, 9.17) is 16.7 Å². The smallest absolute Gasteiger partial charge is 0.303 e. The quantitative estimate of drug-likeness (QED) is 0.764. The number of rotatable bonds is 6. The maximum Gasteiger partial charge on any atom is 0.303 e. The summed E-state index contributed by atoms with van der Waals surface area (Å²) in [5, 5.41) is 13.2. The molecule has 1 aromatic heterocycles. The van der Waals surface area contributed by atoms with E-state index < -0.39 is 5.97 Å². The number of hydrogen-bond acceptors (Lipinski definition) is 2. The van der Waals surface area contributed by atoms with E-state index in [1.165, 1.54) is 0 Å². The normalized spacial score (nSPS) is 10.5. The molecule has 0 aliphatic heterocycles. The van der Waals surface area contributed by atoms with Gasteiger partial charge >= 0.3 is 5.97 Å². The van der Waals surface area contributed by atoms with Gasteiger partial charge in [0.05, 0.1) is 16.9 Å². The highest BCUT2D eigenvalue weighted by Crippen LogP contribution is 2.14. The first kappa shape index (κ1) is 12.0. The molecule has 0 unspecified atom stereocenters. The van der Waals surface area contributed by atoms with Crippen molar-refractivity contribution < 1.29 is 9.90 Å². The summed E-state index contributed by atoms with van der Waals surface area (Å²) in [6.45, 7) is 2.73.